The first-order chi connectivity index (χ1) is 15.1. The van der Waals surface area contributed by atoms with Crippen LogP contribution in [0.5, 0.6) is 5.75 Å². The standard InChI is InChI=1S/C22H19ClN4O3S/c1-14-19(20(27-30-14)16-10-5-6-11-17(16)23)21(28)24-22-26-25-18(31-22)12-7-13-29-15-8-3-2-4-9-15/h2-6,8-11H,7,12-13H2,1H3,(H,24,26,28). The van der Waals surface area contributed by atoms with Crippen molar-refractivity contribution >= 4 is 34.0 Å². The van der Waals surface area contributed by atoms with E-state index in [4.69, 9.17) is 20.9 Å². The lowest BCUT2D eigenvalue weighted by molar-refractivity contribution is 0.102. The molecule has 158 valence electrons. The van der Waals surface area contributed by atoms with Crippen molar-refractivity contribution in [3.8, 4) is 17.0 Å². The summed E-state index contributed by atoms with van der Waals surface area (Å²) >= 11 is 7.59. The van der Waals surface area contributed by atoms with Gasteiger partial charge in [-0.25, -0.2) is 0 Å². The first kappa shape index (κ1) is 21.0. The molecule has 2 aromatic carbocycles. The van der Waals surface area contributed by atoms with E-state index in [1.807, 2.05) is 42.5 Å². The number of carbonyl (C=O) groups is 1. The normalized spacial score (nSPS) is 10.8. The Labute approximate surface area is 188 Å². The largest absolute Gasteiger partial charge is 0.494 e. The summed E-state index contributed by atoms with van der Waals surface area (Å²) in [5.74, 6) is 0.866. The molecule has 0 aliphatic rings. The van der Waals surface area contributed by atoms with E-state index in [-0.39, 0.29) is 5.91 Å². The number of rotatable bonds is 8. The molecule has 0 fully saturated rings. The number of hydrogen-bond donors (Lipinski definition) is 1. The quantitative estimate of drug-likeness (QED) is 0.357. The molecular formula is C22H19ClN4O3S. The summed E-state index contributed by atoms with van der Waals surface area (Å²) in [5.41, 5.74) is 1.34. The minimum atomic E-state index is -0.371. The molecule has 0 spiro atoms. The van der Waals surface area contributed by atoms with Crippen LogP contribution in [0.25, 0.3) is 11.3 Å². The van der Waals surface area contributed by atoms with E-state index in [2.05, 4.69) is 20.7 Å². The molecule has 0 saturated heterocycles. The Balaban J connectivity index is 1.37. The van der Waals surface area contributed by atoms with Crippen LogP contribution in [0.1, 0.15) is 27.5 Å². The van der Waals surface area contributed by atoms with Crippen molar-refractivity contribution in [2.75, 3.05) is 11.9 Å². The van der Waals surface area contributed by atoms with Crippen molar-refractivity contribution in [3.05, 3.63) is 76.0 Å². The molecule has 2 heterocycles. The highest BCUT2D eigenvalue weighted by molar-refractivity contribution is 7.15. The van der Waals surface area contributed by atoms with E-state index in [1.54, 1.807) is 19.1 Å². The predicted molar refractivity (Wildman–Crippen MR) is 120 cm³/mol. The smallest absolute Gasteiger partial charge is 0.263 e. The summed E-state index contributed by atoms with van der Waals surface area (Å²) in [7, 11) is 0. The van der Waals surface area contributed by atoms with E-state index in [1.165, 1.54) is 11.3 Å². The maximum Gasteiger partial charge on any atom is 0.263 e. The number of nitrogens with one attached hydrogen (secondary N) is 1. The fraction of sp³-hybridized carbons (Fsp3) is 0.182. The number of aryl methyl sites for hydroxylation is 2. The number of para-hydroxylation sites is 1. The minimum absolute atomic E-state index is 0.320. The Bertz CT molecular complexity index is 1180. The van der Waals surface area contributed by atoms with E-state index in [0.29, 0.717) is 45.8 Å². The highest BCUT2D eigenvalue weighted by atomic mass is 35.5. The number of nitrogens with zero attached hydrogens (tertiary/aromatic N) is 3. The summed E-state index contributed by atoms with van der Waals surface area (Å²) in [6.45, 7) is 2.26. The Morgan fingerprint density at radius 2 is 1.90 bits per heavy atom. The average molecular weight is 455 g/mol. The zero-order valence-corrected chi connectivity index (χ0v) is 18.2. The molecule has 0 unspecified atom stereocenters. The number of carbonyl (C=O) groups excluding carboxylic acids is 1. The van der Waals surface area contributed by atoms with Gasteiger partial charge in [-0.05, 0) is 31.5 Å². The maximum atomic E-state index is 12.9. The number of aromatic nitrogens is 3. The van der Waals surface area contributed by atoms with Crippen LogP contribution in [0.3, 0.4) is 0 Å². The summed E-state index contributed by atoms with van der Waals surface area (Å²) < 4.78 is 10.9. The maximum absolute atomic E-state index is 12.9. The number of ether oxygens (including phenoxy) is 1. The number of amides is 1. The molecule has 0 aliphatic heterocycles. The van der Waals surface area contributed by atoms with Gasteiger partial charge in [0.2, 0.25) is 5.13 Å². The topological polar surface area (TPSA) is 90.1 Å². The van der Waals surface area contributed by atoms with Gasteiger partial charge in [0, 0.05) is 12.0 Å². The van der Waals surface area contributed by atoms with Crippen molar-refractivity contribution < 1.29 is 14.1 Å². The molecule has 0 aliphatic carbocycles. The summed E-state index contributed by atoms with van der Waals surface area (Å²) in [5, 5.41) is 16.7. The average Bonchev–Trinajstić information content (AvgIpc) is 3.38. The second kappa shape index (κ2) is 9.72. The molecule has 7 nitrogen and oxygen atoms in total. The van der Waals surface area contributed by atoms with Crippen molar-refractivity contribution in [2.45, 2.75) is 19.8 Å². The van der Waals surface area contributed by atoms with Crippen molar-refractivity contribution in [3.63, 3.8) is 0 Å². The fourth-order valence-corrected chi connectivity index (χ4v) is 3.97. The Hall–Kier alpha value is -3.23. The lowest BCUT2D eigenvalue weighted by Crippen LogP contribution is -2.13. The molecule has 0 radical (unpaired) electrons. The van der Waals surface area contributed by atoms with Gasteiger partial charge in [-0.15, -0.1) is 10.2 Å². The van der Waals surface area contributed by atoms with Crippen LogP contribution in [0.2, 0.25) is 5.02 Å². The van der Waals surface area contributed by atoms with E-state index in [0.717, 1.165) is 17.2 Å². The molecule has 4 rings (SSSR count). The number of halogens is 1. The molecule has 31 heavy (non-hydrogen) atoms. The lowest BCUT2D eigenvalue weighted by atomic mass is 10.1. The molecule has 9 heteroatoms. The van der Waals surface area contributed by atoms with Crippen LogP contribution in [0.4, 0.5) is 5.13 Å². The number of hydrogen-bond acceptors (Lipinski definition) is 7. The van der Waals surface area contributed by atoms with Crippen molar-refractivity contribution in [1.29, 1.82) is 0 Å². The summed E-state index contributed by atoms with van der Waals surface area (Å²) in [6.07, 6.45) is 1.50. The van der Waals surface area contributed by atoms with Crippen LogP contribution >= 0.6 is 22.9 Å². The number of benzene rings is 2. The van der Waals surface area contributed by atoms with Gasteiger partial charge < -0.3 is 9.26 Å². The Morgan fingerprint density at radius 3 is 2.71 bits per heavy atom. The van der Waals surface area contributed by atoms with E-state index >= 15 is 0 Å². The van der Waals surface area contributed by atoms with Gasteiger partial charge in [-0.3, -0.25) is 10.1 Å². The van der Waals surface area contributed by atoms with Gasteiger partial charge in [-0.1, -0.05) is 64.5 Å². The van der Waals surface area contributed by atoms with Crippen LogP contribution in [-0.4, -0.2) is 27.9 Å². The van der Waals surface area contributed by atoms with E-state index in [9.17, 15) is 4.79 Å². The lowest BCUT2D eigenvalue weighted by Gasteiger charge is -2.04. The van der Waals surface area contributed by atoms with Crippen molar-refractivity contribution in [2.24, 2.45) is 0 Å². The zero-order valence-electron chi connectivity index (χ0n) is 16.7. The minimum Gasteiger partial charge on any atom is -0.494 e. The third kappa shape index (κ3) is 5.10. The third-order valence-corrected chi connectivity index (χ3v) is 5.68. The first-order valence-corrected chi connectivity index (χ1v) is 10.8. The van der Waals surface area contributed by atoms with Crippen LogP contribution in [0.15, 0.2) is 59.1 Å². The molecule has 0 bridgehead atoms. The molecule has 1 N–H and O–H groups in total. The summed E-state index contributed by atoms with van der Waals surface area (Å²) in [6, 6.07) is 16.8. The van der Waals surface area contributed by atoms with Gasteiger partial charge in [-0.2, -0.15) is 0 Å². The van der Waals surface area contributed by atoms with Gasteiger partial charge in [0.1, 0.15) is 27.8 Å². The van der Waals surface area contributed by atoms with Gasteiger partial charge >= 0.3 is 0 Å². The molecule has 2 aromatic heterocycles. The highest BCUT2D eigenvalue weighted by Gasteiger charge is 2.24. The van der Waals surface area contributed by atoms with Crippen molar-refractivity contribution in [1.82, 2.24) is 15.4 Å². The zero-order chi connectivity index (χ0) is 21.6. The molecule has 0 atom stereocenters. The van der Waals surface area contributed by atoms with Gasteiger partial charge in [0.05, 0.1) is 11.6 Å². The van der Waals surface area contributed by atoms with Crippen LogP contribution in [0, 0.1) is 6.92 Å². The molecule has 0 saturated carbocycles. The Kier molecular flexibility index (Phi) is 6.59. The summed E-state index contributed by atoms with van der Waals surface area (Å²) in [4.78, 5) is 12.9. The molecule has 4 aromatic rings. The second-order valence-electron chi connectivity index (χ2n) is 6.66. The first-order valence-electron chi connectivity index (χ1n) is 9.64. The second-order valence-corrected chi connectivity index (χ2v) is 8.13. The Morgan fingerprint density at radius 1 is 1.13 bits per heavy atom. The van der Waals surface area contributed by atoms with Crippen LogP contribution in [-0.2, 0) is 6.42 Å². The van der Waals surface area contributed by atoms with E-state index < -0.39 is 0 Å². The van der Waals surface area contributed by atoms with Crippen LogP contribution < -0.4 is 10.1 Å². The number of anilines is 1. The third-order valence-electron chi connectivity index (χ3n) is 4.45. The fourth-order valence-electron chi connectivity index (χ4n) is 2.97. The SMILES string of the molecule is Cc1onc(-c2ccccc2Cl)c1C(=O)Nc1nnc(CCCOc2ccccc2)s1. The molecule has 1 amide bonds. The molecular weight excluding hydrogens is 436 g/mol. The monoisotopic (exact) mass is 454 g/mol. The predicted octanol–water partition coefficient (Wildman–Crippen LogP) is 5.42. The van der Waals surface area contributed by atoms with Gasteiger partial charge in [0.25, 0.3) is 5.91 Å². The van der Waals surface area contributed by atoms with Gasteiger partial charge in [0.15, 0.2) is 0 Å². The highest BCUT2D eigenvalue weighted by Crippen LogP contribution is 2.31.